The molecular weight excluding hydrogens is 191 g/mol. The lowest BCUT2D eigenvalue weighted by Crippen LogP contribution is -2.55. The first kappa shape index (κ1) is 11.2. The Bertz CT molecular complexity index is 239. The van der Waals surface area contributed by atoms with Crippen LogP contribution in [0, 0.1) is 10.8 Å². The van der Waals surface area contributed by atoms with Crippen molar-refractivity contribution in [3.8, 4) is 0 Å². The summed E-state index contributed by atoms with van der Waals surface area (Å²) in [5.41, 5.74) is -0.269. The lowest BCUT2D eigenvalue weighted by atomic mass is 9.54. The standard InChI is InChI=1S/C8H17O4P/c1-7(2)5-8(3,4)6(7)12-13(9,10)11/h6H,5H2,1-4H3,(H2,9,10,11). The molecule has 0 aliphatic heterocycles. The molecule has 1 aliphatic rings. The van der Waals surface area contributed by atoms with E-state index in [9.17, 15) is 4.57 Å². The number of rotatable bonds is 2. The van der Waals surface area contributed by atoms with Gasteiger partial charge in [0.15, 0.2) is 0 Å². The van der Waals surface area contributed by atoms with E-state index >= 15 is 0 Å². The van der Waals surface area contributed by atoms with Crippen molar-refractivity contribution >= 4 is 7.82 Å². The number of hydrogen-bond acceptors (Lipinski definition) is 2. The Hall–Kier alpha value is 0.110. The molecule has 0 heterocycles. The molecule has 0 atom stereocenters. The Kier molecular flexibility index (Phi) is 2.41. The van der Waals surface area contributed by atoms with E-state index in [2.05, 4.69) is 0 Å². The van der Waals surface area contributed by atoms with Gasteiger partial charge < -0.3 is 9.79 Å². The van der Waals surface area contributed by atoms with Crippen molar-refractivity contribution in [1.82, 2.24) is 0 Å². The smallest absolute Gasteiger partial charge is 0.303 e. The average molecular weight is 208 g/mol. The lowest BCUT2D eigenvalue weighted by Gasteiger charge is -2.56. The highest BCUT2D eigenvalue weighted by atomic mass is 31.2. The highest BCUT2D eigenvalue weighted by Gasteiger charge is 2.55. The van der Waals surface area contributed by atoms with Gasteiger partial charge in [0.2, 0.25) is 0 Å². The third-order valence-corrected chi connectivity index (χ3v) is 3.06. The highest BCUT2D eigenvalue weighted by molar-refractivity contribution is 7.46. The first-order valence-corrected chi connectivity index (χ1v) is 5.82. The van der Waals surface area contributed by atoms with Gasteiger partial charge in [0.1, 0.15) is 0 Å². The molecule has 78 valence electrons. The van der Waals surface area contributed by atoms with Crippen LogP contribution < -0.4 is 0 Å². The molecule has 0 unspecified atom stereocenters. The second kappa shape index (κ2) is 2.80. The summed E-state index contributed by atoms with van der Waals surface area (Å²) in [6.07, 6.45) is 0.561. The van der Waals surface area contributed by atoms with Crippen molar-refractivity contribution < 1.29 is 18.9 Å². The van der Waals surface area contributed by atoms with Crippen LogP contribution in [0.25, 0.3) is 0 Å². The summed E-state index contributed by atoms with van der Waals surface area (Å²) in [5.74, 6) is 0. The molecule has 1 fully saturated rings. The predicted molar refractivity (Wildman–Crippen MR) is 49.1 cm³/mol. The summed E-state index contributed by atoms with van der Waals surface area (Å²) in [7, 11) is -4.35. The van der Waals surface area contributed by atoms with Gasteiger partial charge in [-0.25, -0.2) is 4.57 Å². The first-order valence-electron chi connectivity index (χ1n) is 4.29. The Balaban J connectivity index is 2.73. The molecule has 1 saturated carbocycles. The molecule has 1 rings (SSSR count). The summed E-state index contributed by atoms with van der Waals surface area (Å²) < 4.78 is 15.5. The third kappa shape index (κ3) is 2.32. The molecule has 5 heteroatoms. The summed E-state index contributed by atoms with van der Waals surface area (Å²) in [6.45, 7) is 7.83. The van der Waals surface area contributed by atoms with Crippen LogP contribution in [-0.4, -0.2) is 15.9 Å². The maximum Gasteiger partial charge on any atom is 0.469 e. The van der Waals surface area contributed by atoms with Crippen LogP contribution in [0.4, 0.5) is 0 Å². The fourth-order valence-electron chi connectivity index (χ4n) is 2.71. The molecule has 0 amide bonds. The molecule has 4 nitrogen and oxygen atoms in total. The molecule has 1 aliphatic carbocycles. The topological polar surface area (TPSA) is 66.8 Å². The van der Waals surface area contributed by atoms with Crippen molar-refractivity contribution in [2.24, 2.45) is 10.8 Å². The molecule has 2 N–H and O–H groups in total. The van der Waals surface area contributed by atoms with E-state index in [0.717, 1.165) is 6.42 Å². The summed E-state index contributed by atoms with van der Waals surface area (Å²) >= 11 is 0. The molecule has 0 radical (unpaired) electrons. The van der Waals surface area contributed by atoms with Gasteiger partial charge in [-0.05, 0) is 17.3 Å². The van der Waals surface area contributed by atoms with E-state index in [-0.39, 0.29) is 16.9 Å². The molecular formula is C8H17O4P. The molecule has 0 spiro atoms. The summed E-state index contributed by atoms with van der Waals surface area (Å²) in [4.78, 5) is 17.4. The Morgan fingerprint density at radius 3 is 1.77 bits per heavy atom. The van der Waals surface area contributed by atoms with Gasteiger partial charge in [-0.1, -0.05) is 27.7 Å². The average Bonchev–Trinajstić information content (AvgIpc) is 1.78. The van der Waals surface area contributed by atoms with Gasteiger partial charge >= 0.3 is 7.82 Å². The van der Waals surface area contributed by atoms with E-state index in [1.165, 1.54) is 0 Å². The highest BCUT2D eigenvalue weighted by Crippen LogP contribution is 2.59. The number of phosphoric ester groups is 1. The van der Waals surface area contributed by atoms with E-state index < -0.39 is 7.82 Å². The fourth-order valence-corrected chi connectivity index (χ4v) is 3.55. The van der Waals surface area contributed by atoms with Gasteiger partial charge in [-0.15, -0.1) is 0 Å². The van der Waals surface area contributed by atoms with E-state index in [0.29, 0.717) is 0 Å². The minimum atomic E-state index is -4.35. The zero-order chi connectivity index (χ0) is 10.5. The zero-order valence-electron chi connectivity index (χ0n) is 8.44. The van der Waals surface area contributed by atoms with Crippen LogP contribution in [0.3, 0.4) is 0 Å². The zero-order valence-corrected chi connectivity index (χ0v) is 9.34. The van der Waals surface area contributed by atoms with Gasteiger partial charge in [0.25, 0.3) is 0 Å². The quantitative estimate of drug-likeness (QED) is 0.680. The first-order chi connectivity index (χ1) is 5.55. The minimum absolute atomic E-state index is 0.134. The number of phosphoric acid groups is 1. The largest absolute Gasteiger partial charge is 0.469 e. The molecule has 0 bridgehead atoms. The van der Waals surface area contributed by atoms with Crippen molar-refractivity contribution in [1.29, 1.82) is 0 Å². The van der Waals surface area contributed by atoms with Crippen LogP contribution in [0.1, 0.15) is 34.1 Å². The Labute approximate surface area is 78.5 Å². The van der Waals surface area contributed by atoms with Crippen molar-refractivity contribution in [2.45, 2.75) is 40.2 Å². The molecule has 0 saturated heterocycles. The van der Waals surface area contributed by atoms with E-state index in [1.54, 1.807) is 0 Å². The molecule has 0 aromatic rings. The lowest BCUT2D eigenvalue weighted by molar-refractivity contribution is -0.143. The summed E-state index contributed by atoms with van der Waals surface area (Å²) in [5, 5.41) is 0. The van der Waals surface area contributed by atoms with Crippen LogP contribution in [0.15, 0.2) is 0 Å². The third-order valence-electron chi connectivity index (χ3n) is 2.57. The number of hydrogen-bond donors (Lipinski definition) is 2. The minimum Gasteiger partial charge on any atom is -0.303 e. The SMILES string of the molecule is CC1(C)CC(C)(C)C1OP(=O)(O)O. The monoisotopic (exact) mass is 208 g/mol. The fraction of sp³-hybridized carbons (Fsp3) is 1.00. The predicted octanol–water partition coefficient (Wildman–Crippen LogP) is 1.92. The Morgan fingerprint density at radius 1 is 1.23 bits per heavy atom. The maximum atomic E-state index is 10.7. The van der Waals surface area contributed by atoms with Gasteiger partial charge in [-0.3, -0.25) is 4.52 Å². The van der Waals surface area contributed by atoms with Gasteiger partial charge in [-0.2, -0.15) is 0 Å². The normalized spacial score (nSPS) is 26.9. The van der Waals surface area contributed by atoms with Gasteiger partial charge in [0, 0.05) is 0 Å². The Morgan fingerprint density at radius 2 is 1.62 bits per heavy atom. The molecule has 13 heavy (non-hydrogen) atoms. The van der Waals surface area contributed by atoms with Crippen LogP contribution in [0.2, 0.25) is 0 Å². The van der Waals surface area contributed by atoms with Crippen molar-refractivity contribution in [3.63, 3.8) is 0 Å². The van der Waals surface area contributed by atoms with Crippen molar-refractivity contribution in [2.75, 3.05) is 0 Å². The molecule has 0 aromatic carbocycles. The van der Waals surface area contributed by atoms with Gasteiger partial charge in [0.05, 0.1) is 6.10 Å². The summed E-state index contributed by atoms with van der Waals surface area (Å²) in [6, 6.07) is 0. The van der Waals surface area contributed by atoms with Crippen LogP contribution in [0.5, 0.6) is 0 Å². The van der Waals surface area contributed by atoms with Crippen LogP contribution in [-0.2, 0) is 9.09 Å². The second-order valence-electron chi connectivity index (χ2n) is 5.13. The van der Waals surface area contributed by atoms with E-state index in [4.69, 9.17) is 14.3 Å². The van der Waals surface area contributed by atoms with Crippen molar-refractivity contribution in [3.05, 3.63) is 0 Å². The van der Waals surface area contributed by atoms with Crippen LogP contribution >= 0.6 is 7.82 Å². The van der Waals surface area contributed by atoms with E-state index in [1.807, 2.05) is 27.7 Å². The second-order valence-corrected chi connectivity index (χ2v) is 6.32. The molecule has 0 aromatic heterocycles. The maximum absolute atomic E-state index is 10.7.